The molecule has 128 valence electrons. The quantitative estimate of drug-likeness (QED) is 0.707. The minimum Gasteiger partial charge on any atom is -0.371 e. The number of halogens is 1. The molecule has 5 heteroatoms. The Balaban J connectivity index is 1.45. The van der Waals surface area contributed by atoms with Gasteiger partial charge in [-0.2, -0.15) is 5.10 Å². The molecule has 0 amide bonds. The SMILES string of the molecule is Clc1ccc([C@H]2CN(Cc3cccc(-n4cccn4)c3)CCO2)cc1. The van der Waals surface area contributed by atoms with E-state index in [1.807, 2.05) is 29.1 Å². The molecule has 0 aliphatic carbocycles. The lowest BCUT2D eigenvalue weighted by Gasteiger charge is -2.33. The van der Waals surface area contributed by atoms with Crippen LogP contribution in [-0.2, 0) is 11.3 Å². The van der Waals surface area contributed by atoms with Crippen LogP contribution in [0, 0.1) is 0 Å². The predicted molar refractivity (Wildman–Crippen MR) is 99.0 cm³/mol. The van der Waals surface area contributed by atoms with Crippen LogP contribution >= 0.6 is 11.6 Å². The van der Waals surface area contributed by atoms with Gasteiger partial charge in [0.2, 0.25) is 0 Å². The normalized spacial score (nSPS) is 18.4. The average molecular weight is 354 g/mol. The molecule has 0 N–H and O–H groups in total. The number of aromatic nitrogens is 2. The fraction of sp³-hybridized carbons (Fsp3) is 0.250. The molecule has 1 fully saturated rings. The molecule has 2 aromatic carbocycles. The molecule has 0 bridgehead atoms. The summed E-state index contributed by atoms with van der Waals surface area (Å²) in [6, 6.07) is 18.4. The Hall–Kier alpha value is -2.14. The average Bonchev–Trinajstić information content (AvgIpc) is 3.18. The summed E-state index contributed by atoms with van der Waals surface area (Å²) in [6.07, 6.45) is 3.86. The van der Waals surface area contributed by atoms with Gasteiger partial charge in [-0.15, -0.1) is 0 Å². The zero-order chi connectivity index (χ0) is 17.1. The third-order valence-electron chi connectivity index (χ3n) is 4.48. The fourth-order valence-electron chi connectivity index (χ4n) is 3.20. The number of rotatable bonds is 4. The standard InChI is InChI=1S/C20H20ClN3O/c21-18-7-5-17(6-8-18)20-15-23(11-12-25-20)14-16-3-1-4-19(13-16)24-10-2-9-22-24/h1-10,13,20H,11-12,14-15H2/t20-/m1/s1. The van der Waals surface area contributed by atoms with Crippen LogP contribution in [0.1, 0.15) is 17.2 Å². The molecular formula is C20H20ClN3O. The van der Waals surface area contributed by atoms with E-state index in [1.54, 1.807) is 6.20 Å². The smallest absolute Gasteiger partial charge is 0.0952 e. The first-order valence-electron chi connectivity index (χ1n) is 8.46. The first-order chi connectivity index (χ1) is 12.3. The van der Waals surface area contributed by atoms with Gasteiger partial charge in [0.25, 0.3) is 0 Å². The maximum atomic E-state index is 5.99. The summed E-state index contributed by atoms with van der Waals surface area (Å²) in [5.74, 6) is 0. The third kappa shape index (κ3) is 3.93. The van der Waals surface area contributed by atoms with Crippen molar-refractivity contribution in [1.29, 1.82) is 0 Å². The molecule has 1 saturated heterocycles. The van der Waals surface area contributed by atoms with E-state index in [0.717, 1.165) is 37.0 Å². The van der Waals surface area contributed by atoms with Gasteiger partial charge in [-0.3, -0.25) is 4.90 Å². The summed E-state index contributed by atoms with van der Waals surface area (Å²) in [5, 5.41) is 5.06. The zero-order valence-corrected chi connectivity index (χ0v) is 14.6. The maximum Gasteiger partial charge on any atom is 0.0952 e. The molecule has 0 spiro atoms. The molecule has 3 aromatic rings. The van der Waals surface area contributed by atoms with E-state index in [2.05, 4.69) is 46.4 Å². The van der Waals surface area contributed by atoms with Crippen molar-refractivity contribution in [1.82, 2.24) is 14.7 Å². The van der Waals surface area contributed by atoms with E-state index in [-0.39, 0.29) is 6.10 Å². The molecule has 1 aromatic heterocycles. The van der Waals surface area contributed by atoms with Crippen molar-refractivity contribution in [3.05, 3.63) is 83.1 Å². The molecule has 2 heterocycles. The van der Waals surface area contributed by atoms with E-state index in [4.69, 9.17) is 16.3 Å². The molecule has 1 atom stereocenters. The van der Waals surface area contributed by atoms with Crippen LogP contribution in [0.2, 0.25) is 5.02 Å². The highest BCUT2D eigenvalue weighted by molar-refractivity contribution is 6.30. The topological polar surface area (TPSA) is 30.3 Å². The molecule has 4 nitrogen and oxygen atoms in total. The lowest BCUT2D eigenvalue weighted by molar-refractivity contribution is -0.0329. The summed E-state index contributed by atoms with van der Waals surface area (Å²) in [7, 11) is 0. The number of ether oxygens (including phenoxy) is 1. The van der Waals surface area contributed by atoms with E-state index in [9.17, 15) is 0 Å². The Labute approximate surface area is 152 Å². The first-order valence-corrected chi connectivity index (χ1v) is 8.84. The van der Waals surface area contributed by atoms with Crippen molar-refractivity contribution in [2.24, 2.45) is 0 Å². The van der Waals surface area contributed by atoms with Crippen LogP contribution in [0.25, 0.3) is 5.69 Å². The summed E-state index contributed by atoms with van der Waals surface area (Å²) < 4.78 is 7.84. The zero-order valence-electron chi connectivity index (χ0n) is 13.9. The number of morpholine rings is 1. The minimum atomic E-state index is 0.0975. The summed E-state index contributed by atoms with van der Waals surface area (Å²) in [6.45, 7) is 3.47. The van der Waals surface area contributed by atoms with Gasteiger partial charge in [-0.25, -0.2) is 4.68 Å². The second-order valence-electron chi connectivity index (χ2n) is 6.27. The number of hydrogen-bond acceptors (Lipinski definition) is 3. The van der Waals surface area contributed by atoms with Crippen LogP contribution in [0.15, 0.2) is 67.0 Å². The van der Waals surface area contributed by atoms with Gasteiger partial charge in [0.1, 0.15) is 0 Å². The van der Waals surface area contributed by atoms with E-state index in [0.29, 0.717) is 0 Å². The molecule has 1 aliphatic heterocycles. The Bertz CT molecular complexity index is 817. The Kier molecular flexibility index (Phi) is 4.83. The van der Waals surface area contributed by atoms with E-state index in [1.165, 1.54) is 11.1 Å². The second kappa shape index (κ2) is 7.40. The number of nitrogens with zero attached hydrogens (tertiary/aromatic N) is 3. The van der Waals surface area contributed by atoms with Gasteiger partial charge in [-0.1, -0.05) is 35.9 Å². The van der Waals surface area contributed by atoms with Gasteiger partial charge in [0, 0.05) is 37.1 Å². The number of hydrogen-bond donors (Lipinski definition) is 0. The van der Waals surface area contributed by atoms with Crippen molar-refractivity contribution < 1.29 is 4.74 Å². The molecule has 4 rings (SSSR count). The van der Waals surface area contributed by atoms with Crippen LogP contribution in [0.3, 0.4) is 0 Å². The predicted octanol–water partition coefficient (Wildman–Crippen LogP) is 4.10. The number of benzene rings is 2. The molecule has 0 saturated carbocycles. The van der Waals surface area contributed by atoms with E-state index < -0.39 is 0 Å². The highest BCUT2D eigenvalue weighted by Gasteiger charge is 2.22. The molecule has 0 unspecified atom stereocenters. The van der Waals surface area contributed by atoms with Gasteiger partial charge < -0.3 is 4.74 Å². The van der Waals surface area contributed by atoms with Crippen LogP contribution in [0.4, 0.5) is 0 Å². The first kappa shape index (κ1) is 16.3. The Morgan fingerprint density at radius 3 is 2.80 bits per heavy atom. The molecule has 0 radical (unpaired) electrons. The van der Waals surface area contributed by atoms with Gasteiger partial charge in [0.05, 0.1) is 18.4 Å². The maximum absolute atomic E-state index is 5.99. The van der Waals surface area contributed by atoms with Crippen LogP contribution in [0.5, 0.6) is 0 Å². The largest absolute Gasteiger partial charge is 0.371 e. The Morgan fingerprint density at radius 1 is 1.12 bits per heavy atom. The van der Waals surface area contributed by atoms with Crippen LogP contribution < -0.4 is 0 Å². The van der Waals surface area contributed by atoms with Gasteiger partial charge in [-0.05, 0) is 41.5 Å². The van der Waals surface area contributed by atoms with Crippen molar-refractivity contribution in [3.63, 3.8) is 0 Å². The highest BCUT2D eigenvalue weighted by Crippen LogP contribution is 2.25. The van der Waals surface area contributed by atoms with Crippen molar-refractivity contribution >= 4 is 11.6 Å². The summed E-state index contributed by atoms with van der Waals surface area (Å²) in [4.78, 5) is 2.44. The van der Waals surface area contributed by atoms with Crippen molar-refractivity contribution in [3.8, 4) is 5.69 Å². The fourth-order valence-corrected chi connectivity index (χ4v) is 3.33. The molecular weight excluding hydrogens is 334 g/mol. The lowest BCUT2D eigenvalue weighted by Crippen LogP contribution is -2.37. The van der Waals surface area contributed by atoms with Crippen LogP contribution in [-0.4, -0.2) is 34.4 Å². The van der Waals surface area contributed by atoms with Crippen molar-refractivity contribution in [2.45, 2.75) is 12.6 Å². The van der Waals surface area contributed by atoms with Gasteiger partial charge in [0.15, 0.2) is 0 Å². The van der Waals surface area contributed by atoms with Gasteiger partial charge >= 0.3 is 0 Å². The molecule has 1 aliphatic rings. The van der Waals surface area contributed by atoms with E-state index >= 15 is 0 Å². The second-order valence-corrected chi connectivity index (χ2v) is 6.70. The Morgan fingerprint density at radius 2 is 2.00 bits per heavy atom. The minimum absolute atomic E-state index is 0.0975. The summed E-state index contributed by atoms with van der Waals surface area (Å²) >= 11 is 5.99. The third-order valence-corrected chi connectivity index (χ3v) is 4.73. The lowest BCUT2D eigenvalue weighted by atomic mass is 10.1. The molecule has 25 heavy (non-hydrogen) atoms. The monoisotopic (exact) mass is 353 g/mol. The highest BCUT2D eigenvalue weighted by atomic mass is 35.5. The summed E-state index contributed by atoms with van der Waals surface area (Å²) in [5.41, 5.74) is 3.55. The van der Waals surface area contributed by atoms with Crippen molar-refractivity contribution in [2.75, 3.05) is 19.7 Å².